The maximum Gasteiger partial charge on any atom is 0.332 e. The first-order valence-electron chi connectivity index (χ1n) is 7.79. The third kappa shape index (κ3) is 3.39. The first-order chi connectivity index (χ1) is 11.1. The molecule has 0 fully saturated rings. The minimum absolute atomic E-state index is 0.259. The molecule has 6 nitrogen and oxygen atoms in total. The number of nitrogens with one attached hydrogen (secondary N) is 1. The molecule has 3 N–H and O–H groups in total. The van der Waals surface area contributed by atoms with Gasteiger partial charge in [-0.15, -0.1) is 11.3 Å². The predicted octanol–water partition coefficient (Wildman–Crippen LogP) is 0.961. The molecule has 128 valence electrons. The Kier molecular flexibility index (Phi) is 6.09. The van der Waals surface area contributed by atoms with Crippen molar-refractivity contribution in [2.45, 2.75) is 39.9 Å². The fourth-order valence-electron chi connectivity index (χ4n) is 2.61. The number of hydrogen-bond acceptors (Lipinski definition) is 5. The molecule has 2 aromatic rings. The molecule has 0 amide bonds. The van der Waals surface area contributed by atoms with Crippen molar-refractivity contribution >= 4 is 21.6 Å². The summed E-state index contributed by atoms with van der Waals surface area (Å²) < 4.78 is 15.3. The molecule has 8 heteroatoms. The average Bonchev–Trinajstić information content (AvgIpc) is 2.85. The number of alkyl halides is 1. The minimum atomic E-state index is -0.492. The SMILES string of the molecule is CCn1c(=O)c2c(C)c(CNCCN)sc2n(CCCF)c1=O. The summed E-state index contributed by atoms with van der Waals surface area (Å²) in [4.78, 5) is 26.8. The molecule has 0 radical (unpaired) electrons. The van der Waals surface area contributed by atoms with Gasteiger partial charge in [0.05, 0.1) is 12.1 Å². The highest BCUT2D eigenvalue weighted by Gasteiger charge is 2.18. The summed E-state index contributed by atoms with van der Waals surface area (Å²) in [6.07, 6.45) is 0.259. The Bertz CT molecular complexity index is 793. The largest absolute Gasteiger partial charge is 0.332 e. The fourth-order valence-corrected chi connectivity index (χ4v) is 3.89. The average molecular weight is 342 g/mol. The van der Waals surface area contributed by atoms with Crippen LogP contribution >= 0.6 is 11.3 Å². The third-order valence-electron chi connectivity index (χ3n) is 3.83. The van der Waals surface area contributed by atoms with Crippen LogP contribution in [0.4, 0.5) is 4.39 Å². The van der Waals surface area contributed by atoms with Gasteiger partial charge in [-0.25, -0.2) is 4.79 Å². The van der Waals surface area contributed by atoms with Crippen molar-refractivity contribution in [1.29, 1.82) is 0 Å². The van der Waals surface area contributed by atoms with Gasteiger partial charge in [-0.1, -0.05) is 0 Å². The van der Waals surface area contributed by atoms with E-state index in [9.17, 15) is 14.0 Å². The molecule has 2 heterocycles. The van der Waals surface area contributed by atoms with Crippen LogP contribution in [0.3, 0.4) is 0 Å². The molecule has 0 saturated carbocycles. The summed E-state index contributed by atoms with van der Waals surface area (Å²) in [5.41, 5.74) is 5.74. The smallest absolute Gasteiger partial charge is 0.329 e. The molecule has 0 aromatic carbocycles. The Morgan fingerprint density at radius 2 is 2.04 bits per heavy atom. The minimum Gasteiger partial charge on any atom is -0.329 e. The summed E-state index contributed by atoms with van der Waals surface area (Å²) in [6, 6.07) is 0. The lowest BCUT2D eigenvalue weighted by Crippen LogP contribution is -2.39. The van der Waals surface area contributed by atoms with E-state index in [2.05, 4.69) is 5.32 Å². The van der Waals surface area contributed by atoms with Crippen molar-refractivity contribution in [2.24, 2.45) is 5.73 Å². The summed E-state index contributed by atoms with van der Waals surface area (Å²) in [6.45, 7) is 5.57. The second-order valence-electron chi connectivity index (χ2n) is 5.32. The first-order valence-corrected chi connectivity index (χ1v) is 8.60. The van der Waals surface area contributed by atoms with E-state index >= 15 is 0 Å². The number of aromatic nitrogens is 2. The van der Waals surface area contributed by atoms with Gasteiger partial charge in [-0.2, -0.15) is 0 Å². The summed E-state index contributed by atoms with van der Waals surface area (Å²) >= 11 is 1.42. The third-order valence-corrected chi connectivity index (χ3v) is 5.15. The second-order valence-corrected chi connectivity index (χ2v) is 6.41. The number of thiophene rings is 1. The van der Waals surface area contributed by atoms with Crippen LogP contribution in [-0.4, -0.2) is 28.9 Å². The Morgan fingerprint density at radius 1 is 1.30 bits per heavy atom. The number of nitrogens with two attached hydrogens (primary N) is 1. The van der Waals surface area contributed by atoms with E-state index in [1.165, 1.54) is 20.5 Å². The number of fused-ring (bicyclic) bond motifs is 1. The second kappa shape index (κ2) is 7.85. The highest BCUT2D eigenvalue weighted by atomic mass is 32.1. The number of nitrogens with zero attached hydrogens (tertiary/aromatic N) is 2. The molecule has 0 spiro atoms. The van der Waals surface area contributed by atoms with E-state index in [4.69, 9.17) is 5.73 Å². The Hall–Kier alpha value is -1.51. The van der Waals surface area contributed by atoms with E-state index in [1.807, 2.05) is 6.92 Å². The normalized spacial score (nSPS) is 11.5. The van der Waals surface area contributed by atoms with Crippen LogP contribution in [0.2, 0.25) is 0 Å². The lowest BCUT2D eigenvalue weighted by molar-refractivity contribution is 0.441. The maximum absolute atomic E-state index is 12.6. The van der Waals surface area contributed by atoms with E-state index in [0.29, 0.717) is 36.4 Å². The van der Waals surface area contributed by atoms with Gasteiger partial charge in [0.15, 0.2) is 0 Å². The Morgan fingerprint density at radius 3 is 2.65 bits per heavy atom. The van der Waals surface area contributed by atoms with Crippen LogP contribution < -0.4 is 22.3 Å². The zero-order valence-corrected chi connectivity index (χ0v) is 14.3. The van der Waals surface area contributed by atoms with Crippen molar-refractivity contribution in [3.63, 3.8) is 0 Å². The summed E-state index contributed by atoms with van der Waals surface area (Å²) in [7, 11) is 0. The van der Waals surface area contributed by atoms with Gasteiger partial charge in [0.1, 0.15) is 4.83 Å². The van der Waals surface area contributed by atoms with E-state index in [1.54, 1.807) is 6.92 Å². The van der Waals surface area contributed by atoms with E-state index in [-0.39, 0.29) is 24.2 Å². The molecule has 0 aliphatic rings. The molecule has 0 unspecified atom stereocenters. The zero-order valence-electron chi connectivity index (χ0n) is 13.5. The highest BCUT2D eigenvalue weighted by Crippen LogP contribution is 2.27. The van der Waals surface area contributed by atoms with E-state index in [0.717, 1.165) is 10.4 Å². The predicted molar refractivity (Wildman–Crippen MR) is 92.1 cm³/mol. The number of aryl methyl sites for hydroxylation is 2. The summed E-state index contributed by atoms with van der Waals surface area (Å²) in [5, 5.41) is 3.78. The molecule has 2 aromatic heterocycles. The van der Waals surface area contributed by atoms with Crippen LogP contribution in [0.1, 0.15) is 23.8 Å². The van der Waals surface area contributed by atoms with Gasteiger partial charge in [0.2, 0.25) is 0 Å². The van der Waals surface area contributed by atoms with E-state index < -0.39 is 6.67 Å². The van der Waals surface area contributed by atoms with Crippen molar-refractivity contribution in [3.8, 4) is 0 Å². The molecule has 0 aliphatic heterocycles. The van der Waals surface area contributed by atoms with Gasteiger partial charge in [-0.3, -0.25) is 18.3 Å². The molecule has 0 saturated heterocycles. The van der Waals surface area contributed by atoms with Crippen molar-refractivity contribution in [2.75, 3.05) is 19.8 Å². The van der Waals surface area contributed by atoms with Gasteiger partial charge >= 0.3 is 5.69 Å². The monoisotopic (exact) mass is 342 g/mol. The van der Waals surface area contributed by atoms with Crippen LogP contribution in [-0.2, 0) is 19.6 Å². The number of rotatable bonds is 8. The standard InChI is InChI=1S/C15H23FN4O2S/c1-3-19-13(21)12-10(2)11(9-18-7-6-17)23-14(12)20(15(19)22)8-4-5-16/h18H,3-9,17H2,1-2H3. The lowest BCUT2D eigenvalue weighted by atomic mass is 10.2. The summed E-state index contributed by atoms with van der Waals surface area (Å²) in [5.74, 6) is 0. The van der Waals surface area contributed by atoms with Crippen LogP contribution in [0.25, 0.3) is 10.2 Å². The van der Waals surface area contributed by atoms with Crippen molar-refractivity contribution < 1.29 is 4.39 Å². The van der Waals surface area contributed by atoms with Crippen LogP contribution in [0.15, 0.2) is 9.59 Å². The topological polar surface area (TPSA) is 82.0 Å². The molecular formula is C15H23FN4O2S. The van der Waals surface area contributed by atoms with Gasteiger partial charge in [0.25, 0.3) is 5.56 Å². The Labute approximate surface area is 137 Å². The molecular weight excluding hydrogens is 319 g/mol. The van der Waals surface area contributed by atoms with Crippen LogP contribution in [0, 0.1) is 6.92 Å². The Balaban J connectivity index is 2.65. The van der Waals surface area contributed by atoms with Gasteiger partial charge < -0.3 is 11.1 Å². The highest BCUT2D eigenvalue weighted by molar-refractivity contribution is 7.18. The van der Waals surface area contributed by atoms with Crippen LogP contribution in [0.5, 0.6) is 0 Å². The van der Waals surface area contributed by atoms with Crippen molar-refractivity contribution in [1.82, 2.24) is 14.5 Å². The van der Waals surface area contributed by atoms with Crippen molar-refractivity contribution in [3.05, 3.63) is 31.3 Å². The maximum atomic E-state index is 12.6. The number of hydrogen-bond donors (Lipinski definition) is 2. The lowest BCUT2D eigenvalue weighted by Gasteiger charge is -2.10. The van der Waals surface area contributed by atoms with Gasteiger partial charge in [-0.05, 0) is 25.8 Å². The number of halogens is 1. The molecule has 0 atom stereocenters. The molecule has 0 aliphatic carbocycles. The fraction of sp³-hybridized carbons (Fsp3) is 0.600. The van der Waals surface area contributed by atoms with Gasteiger partial charge in [0, 0.05) is 37.6 Å². The molecule has 2 rings (SSSR count). The zero-order chi connectivity index (χ0) is 17.0. The quantitative estimate of drug-likeness (QED) is 0.700. The first kappa shape index (κ1) is 17.8. The molecule has 0 bridgehead atoms. The molecule has 23 heavy (non-hydrogen) atoms.